The van der Waals surface area contributed by atoms with Crippen LogP contribution in [0.25, 0.3) is 0 Å². The molecule has 1 aliphatic heterocycles. The summed E-state index contributed by atoms with van der Waals surface area (Å²) >= 11 is 0. The first kappa shape index (κ1) is 28.2. The Morgan fingerprint density at radius 2 is 1.97 bits per heavy atom. The first-order valence-corrected chi connectivity index (χ1v) is 11.2. The molecule has 1 saturated heterocycles. The lowest BCUT2D eigenvalue weighted by Gasteiger charge is -2.33. The first-order valence-electron chi connectivity index (χ1n) is 9.37. The number of nitrogens with zero attached hydrogens (tertiary/aromatic N) is 3. The summed E-state index contributed by atoms with van der Waals surface area (Å²) in [5.74, 6) is 0. The number of ether oxygens (including phenoxy) is 1. The van der Waals surface area contributed by atoms with Gasteiger partial charge in [0.2, 0.25) is 10.0 Å². The van der Waals surface area contributed by atoms with E-state index in [-0.39, 0.29) is 32.7 Å². The zero-order valence-electron chi connectivity index (χ0n) is 18.0. The van der Waals surface area contributed by atoms with Gasteiger partial charge in [0, 0.05) is 31.4 Å². The molecule has 0 radical (unpaired) electrons. The molecule has 2 rings (SSSR count). The molecule has 3 N–H and O–H groups in total. The maximum absolute atomic E-state index is 12.0. The largest absolute Gasteiger partial charge is 0.443 e. The Balaban J connectivity index is 0.000000704. The van der Waals surface area contributed by atoms with Crippen LogP contribution in [-0.4, -0.2) is 77.5 Å². The Kier molecular flexibility index (Phi) is 11.4. The van der Waals surface area contributed by atoms with E-state index in [2.05, 4.69) is 20.6 Å². The third kappa shape index (κ3) is 10.8. The minimum Gasteiger partial charge on any atom is -0.443 e. The molecule has 1 aromatic heterocycles. The van der Waals surface area contributed by atoms with Gasteiger partial charge in [0.1, 0.15) is 5.60 Å². The van der Waals surface area contributed by atoms with Crippen LogP contribution in [-0.2, 0) is 21.4 Å². The number of hydrogen-bond acceptors (Lipinski definition) is 9. The number of nitrogens with one attached hydrogen (secondary N) is 2. The van der Waals surface area contributed by atoms with Crippen LogP contribution < -0.4 is 10.6 Å². The summed E-state index contributed by atoms with van der Waals surface area (Å²) in [6.45, 7) is 10.4. The number of sulfonamides is 1. The highest BCUT2D eigenvalue weighted by molar-refractivity contribution is 7.88. The summed E-state index contributed by atoms with van der Waals surface area (Å²) in [7, 11) is -3.66. The minimum absolute atomic E-state index is 0. The smallest absolute Gasteiger partial charge is 0.424 e. The number of amides is 1. The van der Waals surface area contributed by atoms with Crippen molar-refractivity contribution < 1.29 is 23.1 Å². The van der Waals surface area contributed by atoms with Crippen LogP contribution in [0.1, 0.15) is 46.5 Å². The molecule has 174 valence electrons. The van der Waals surface area contributed by atoms with E-state index in [1.54, 1.807) is 33.2 Å². The van der Waals surface area contributed by atoms with Gasteiger partial charge < -0.3 is 20.5 Å². The molecule has 1 fully saturated rings. The van der Waals surface area contributed by atoms with E-state index in [1.165, 1.54) is 0 Å². The van der Waals surface area contributed by atoms with E-state index in [0.29, 0.717) is 12.2 Å². The van der Waals surface area contributed by atoms with Crippen LogP contribution in [0.15, 0.2) is 12.4 Å². The van der Waals surface area contributed by atoms with Crippen LogP contribution in [0.5, 0.6) is 0 Å². The lowest BCUT2D eigenvalue weighted by molar-refractivity contribution is 0.0376. The van der Waals surface area contributed by atoms with Crippen molar-refractivity contribution in [3.8, 4) is 0 Å². The number of aryl methyl sites for hydroxylation is 1. The fourth-order valence-corrected chi connectivity index (χ4v) is 3.32. The van der Waals surface area contributed by atoms with E-state index in [4.69, 9.17) is 9.84 Å². The molecule has 0 spiro atoms. The summed E-state index contributed by atoms with van der Waals surface area (Å²) in [5.41, 5.74) is 0.725. The average Bonchev–Trinajstić information content (AvgIpc) is 2.57. The van der Waals surface area contributed by atoms with Crippen molar-refractivity contribution in [1.29, 1.82) is 0 Å². The van der Waals surface area contributed by atoms with Gasteiger partial charge >= 0.3 is 6.09 Å². The summed E-state index contributed by atoms with van der Waals surface area (Å²) in [4.78, 5) is 19.8. The second kappa shape index (κ2) is 12.1. The number of piperazine rings is 1. The molecule has 2 unspecified atom stereocenters. The van der Waals surface area contributed by atoms with Gasteiger partial charge in [0.25, 0.3) is 0 Å². The maximum atomic E-state index is 12.0. The zero-order valence-corrected chi connectivity index (χ0v) is 18.8. The topological polar surface area (TPSA) is 134 Å². The molecule has 11 heteroatoms. The third-order valence-corrected chi connectivity index (χ3v) is 4.81. The quantitative estimate of drug-likeness (QED) is 0.619. The Labute approximate surface area is 180 Å². The molecule has 10 nitrogen and oxygen atoms in total. The molecule has 2 atom stereocenters. The predicted molar refractivity (Wildman–Crippen MR) is 116 cm³/mol. The van der Waals surface area contributed by atoms with Crippen LogP contribution in [0.2, 0.25) is 0 Å². The number of aliphatic hydroxyl groups is 1. The lowest BCUT2D eigenvalue weighted by atomic mass is 10.1. The highest BCUT2D eigenvalue weighted by Gasteiger charge is 2.32. The van der Waals surface area contributed by atoms with Crippen molar-refractivity contribution >= 4 is 16.1 Å². The summed E-state index contributed by atoms with van der Waals surface area (Å²) in [6.07, 6.45) is 3.38. The molecule has 1 aliphatic rings. The first-order chi connectivity index (χ1) is 13.3. The Hall–Kier alpha value is -1.82. The van der Waals surface area contributed by atoms with Crippen molar-refractivity contribution in [2.45, 2.75) is 66.3 Å². The van der Waals surface area contributed by atoms with Crippen LogP contribution in [0, 0.1) is 6.92 Å². The van der Waals surface area contributed by atoms with Crippen molar-refractivity contribution in [3.05, 3.63) is 23.8 Å². The average molecular weight is 448 g/mol. The molecule has 2 heterocycles. The Morgan fingerprint density at radius 3 is 2.40 bits per heavy atom. The van der Waals surface area contributed by atoms with Gasteiger partial charge in [0.05, 0.1) is 37.0 Å². The Morgan fingerprint density at radius 1 is 1.33 bits per heavy atom. The minimum atomic E-state index is -3.66. The highest BCUT2D eigenvalue weighted by Crippen LogP contribution is 2.13. The molecule has 1 aromatic rings. The monoisotopic (exact) mass is 447 g/mol. The van der Waals surface area contributed by atoms with Crippen molar-refractivity contribution in [2.24, 2.45) is 0 Å². The second-order valence-electron chi connectivity index (χ2n) is 8.01. The number of hydrogen-bond donors (Lipinski definition) is 3. The number of aromatic nitrogens is 2. The van der Waals surface area contributed by atoms with E-state index in [0.717, 1.165) is 22.8 Å². The fourth-order valence-electron chi connectivity index (χ4n) is 2.56. The molecule has 0 bridgehead atoms. The van der Waals surface area contributed by atoms with Crippen molar-refractivity contribution in [2.75, 3.05) is 25.9 Å². The van der Waals surface area contributed by atoms with E-state index < -0.39 is 21.7 Å². The highest BCUT2D eigenvalue weighted by atomic mass is 32.2. The lowest BCUT2D eigenvalue weighted by Crippen LogP contribution is -2.58. The summed E-state index contributed by atoms with van der Waals surface area (Å²) in [5, 5.41) is 15.0. The molecule has 0 aromatic carbocycles. The van der Waals surface area contributed by atoms with Gasteiger partial charge in [-0.1, -0.05) is 7.43 Å². The maximum Gasteiger partial charge on any atom is 0.424 e. The standard InChI is InChI=1S/C12H25N3O4S.C6H8N2O.CH4/c1-9-6-13-7-10(14-9)8-15(20(5,17)18)11(16)19-12(2,3)4;1-5-2-7-3-6(4-9)8-5;/h9-10,13-14H,6-8H2,1-5H3;2-3,9H,4H2,1H3;1H4. The van der Waals surface area contributed by atoms with Crippen molar-refractivity contribution in [1.82, 2.24) is 24.9 Å². The van der Waals surface area contributed by atoms with E-state index in [9.17, 15) is 13.2 Å². The van der Waals surface area contributed by atoms with Gasteiger partial charge in [-0.3, -0.25) is 9.97 Å². The second-order valence-corrected chi connectivity index (χ2v) is 9.91. The normalized spacial score (nSPS) is 19.0. The third-order valence-electron chi connectivity index (χ3n) is 3.71. The molecule has 1 amide bonds. The van der Waals surface area contributed by atoms with Crippen LogP contribution in [0.4, 0.5) is 4.79 Å². The van der Waals surface area contributed by atoms with Gasteiger partial charge in [-0.2, -0.15) is 0 Å². The molecular formula is C19H37N5O5S. The number of aliphatic hydroxyl groups excluding tert-OH is 1. The SMILES string of the molecule is C.CC1CNCC(CN(C(=O)OC(C)(C)C)S(C)(=O)=O)N1.Cc1cncc(CO)n1. The number of carbonyl (C=O) groups excluding carboxylic acids is 1. The summed E-state index contributed by atoms with van der Waals surface area (Å²) in [6, 6.07) is 0.106. The molecular weight excluding hydrogens is 410 g/mol. The van der Waals surface area contributed by atoms with Gasteiger partial charge in [-0.15, -0.1) is 0 Å². The summed E-state index contributed by atoms with van der Waals surface area (Å²) < 4.78 is 29.5. The zero-order chi connectivity index (χ0) is 22.2. The van der Waals surface area contributed by atoms with Gasteiger partial charge in [0.15, 0.2) is 0 Å². The van der Waals surface area contributed by atoms with Gasteiger partial charge in [-0.05, 0) is 34.6 Å². The number of carbonyl (C=O) groups is 1. The predicted octanol–water partition coefficient (Wildman–Crippen LogP) is 1.05. The van der Waals surface area contributed by atoms with E-state index >= 15 is 0 Å². The van der Waals surface area contributed by atoms with Crippen LogP contribution in [0.3, 0.4) is 0 Å². The molecule has 0 aliphatic carbocycles. The fraction of sp³-hybridized carbons (Fsp3) is 0.737. The Bertz CT molecular complexity index is 767. The van der Waals surface area contributed by atoms with Crippen molar-refractivity contribution in [3.63, 3.8) is 0 Å². The molecule has 0 saturated carbocycles. The molecule has 30 heavy (non-hydrogen) atoms. The van der Waals surface area contributed by atoms with Crippen LogP contribution >= 0.6 is 0 Å². The number of rotatable bonds is 4. The van der Waals surface area contributed by atoms with Gasteiger partial charge in [-0.25, -0.2) is 17.5 Å². The van der Waals surface area contributed by atoms with E-state index in [1.807, 2.05) is 13.8 Å².